The Labute approximate surface area is 383 Å². The number of rotatable bonds is 9. The van der Waals surface area contributed by atoms with Gasteiger partial charge < -0.3 is 37.3 Å². The number of nitrogens with two attached hydrogens (primary N) is 3. The van der Waals surface area contributed by atoms with Crippen LogP contribution in [-0.2, 0) is 26.2 Å². The van der Waals surface area contributed by atoms with E-state index in [0.717, 1.165) is 66.6 Å². The fraction of sp³-hybridized carbons (Fsp3) is 0.174. The second kappa shape index (κ2) is 20.5. The van der Waals surface area contributed by atoms with Crippen molar-refractivity contribution in [1.29, 1.82) is 0 Å². The second-order valence-electron chi connectivity index (χ2n) is 14.7. The highest BCUT2D eigenvalue weighted by atomic mass is 35.5. The number of hydrogen-bond donors (Lipinski definition) is 5. The maximum Gasteiger partial charge on any atom is 0.357 e. The molecule has 0 aliphatic rings. The number of carbonyl (C=O) groups is 2. The molecule has 328 valence electrons. The van der Waals surface area contributed by atoms with E-state index in [1.807, 2.05) is 76.2 Å². The number of nitrogens with zero attached hydrogens (tertiary/aromatic N) is 10. The zero-order valence-electron chi connectivity index (χ0n) is 35.6. The summed E-state index contributed by atoms with van der Waals surface area (Å²) in [6.07, 6.45) is 3.18. The lowest BCUT2D eigenvalue weighted by atomic mass is 10.1. The van der Waals surface area contributed by atoms with E-state index < -0.39 is 5.97 Å². The molecule has 0 spiro atoms. The quantitative estimate of drug-likeness (QED) is 0.0859. The number of hydrogen-bond acceptors (Lipinski definition) is 11. The first kappa shape index (κ1) is 46.5. The molecule has 2 aromatic carbocycles. The minimum absolute atomic E-state index is 0.142. The van der Waals surface area contributed by atoms with Gasteiger partial charge >= 0.3 is 5.97 Å². The number of aromatic nitrogens is 8. The van der Waals surface area contributed by atoms with Crippen LogP contribution >= 0.6 is 23.2 Å². The summed E-state index contributed by atoms with van der Waals surface area (Å²) >= 11 is 12.0. The number of nitrogen functional groups attached to an aromatic ring is 2. The molecule has 0 aliphatic carbocycles. The van der Waals surface area contributed by atoms with Gasteiger partial charge in [-0.3, -0.25) is 14.8 Å². The van der Waals surface area contributed by atoms with E-state index in [2.05, 4.69) is 45.1 Å². The van der Waals surface area contributed by atoms with Crippen LogP contribution in [-0.4, -0.2) is 56.5 Å². The molecule has 0 saturated carbocycles. The van der Waals surface area contributed by atoms with Crippen LogP contribution < -0.4 is 22.5 Å². The van der Waals surface area contributed by atoms with Crippen LogP contribution in [0.25, 0.3) is 31.5 Å². The molecule has 1 amide bonds. The highest BCUT2D eigenvalue weighted by Gasteiger charge is 2.18. The van der Waals surface area contributed by atoms with Crippen molar-refractivity contribution in [1.82, 2.24) is 44.8 Å². The van der Waals surface area contributed by atoms with E-state index in [9.17, 15) is 9.59 Å². The van der Waals surface area contributed by atoms with Crippen LogP contribution in [0.4, 0.5) is 23.3 Å². The molecule has 65 heavy (non-hydrogen) atoms. The molecule has 8 rings (SSSR count). The summed E-state index contributed by atoms with van der Waals surface area (Å²) in [5, 5.41) is 23.0. The van der Waals surface area contributed by atoms with Gasteiger partial charge in [0, 0.05) is 47.6 Å². The molecule has 8 N–H and O–H groups in total. The number of halogens is 2. The molecule has 0 radical (unpaired) electrons. The molecule has 6 heterocycles. The van der Waals surface area contributed by atoms with Gasteiger partial charge in [0.1, 0.15) is 24.7 Å². The molecule has 0 bridgehead atoms. The Balaban J connectivity index is 0.000000182. The smallest absolute Gasteiger partial charge is 0.357 e. The predicted octanol–water partition coefficient (Wildman–Crippen LogP) is 8.33. The summed E-state index contributed by atoms with van der Waals surface area (Å²) in [6, 6.07) is 21.3. The fourth-order valence-electron chi connectivity index (χ4n) is 6.90. The van der Waals surface area contributed by atoms with Crippen molar-refractivity contribution in [3.63, 3.8) is 0 Å². The summed E-state index contributed by atoms with van der Waals surface area (Å²) in [6.45, 7) is 23.7. The molecule has 0 atom stereocenters. The highest BCUT2D eigenvalue weighted by molar-refractivity contribution is 6.31. The number of carboxylic acid groups (broad SMARTS) is 1. The summed E-state index contributed by atoms with van der Waals surface area (Å²) < 4.78 is 2.89. The third-order valence-corrected chi connectivity index (χ3v) is 10.5. The molecular weight excluding hydrogens is 868 g/mol. The van der Waals surface area contributed by atoms with Gasteiger partial charge in [-0.05, 0) is 122 Å². The first-order valence-corrected chi connectivity index (χ1v) is 20.5. The highest BCUT2D eigenvalue weighted by Crippen LogP contribution is 2.24. The minimum Gasteiger partial charge on any atom is -0.476 e. The van der Waals surface area contributed by atoms with Crippen LogP contribution in [0.5, 0.6) is 0 Å². The van der Waals surface area contributed by atoms with Crippen LogP contribution in [0, 0.1) is 40.8 Å². The zero-order chi connectivity index (χ0) is 46.9. The third-order valence-electron chi connectivity index (χ3n) is 10.1. The first-order valence-electron chi connectivity index (χ1n) is 19.7. The molecule has 0 aliphatic heterocycles. The van der Waals surface area contributed by atoms with Crippen molar-refractivity contribution < 1.29 is 14.7 Å². The summed E-state index contributed by atoms with van der Waals surface area (Å²) in [5.74, 6) is -0.0425. The fourth-order valence-corrected chi connectivity index (χ4v) is 7.24. The minimum atomic E-state index is -1.15. The maximum atomic E-state index is 12.7. The van der Waals surface area contributed by atoms with Crippen LogP contribution in [0.3, 0.4) is 0 Å². The van der Waals surface area contributed by atoms with Crippen molar-refractivity contribution in [2.75, 3.05) is 11.5 Å². The Hall–Kier alpha value is -7.96. The number of fused-ring (bicyclic) bond motifs is 2. The van der Waals surface area contributed by atoms with E-state index >= 15 is 0 Å². The van der Waals surface area contributed by atoms with Crippen LogP contribution in [0.1, 0.15) is 65.7 Å². The average Bonchev–Trinajstić information content (AvgIpc) is 3.87. The van der Waals surface area contributed by atoms with Crippen molar-refractivity contribution >= 4 is 80.2 Å². The van der Waals surface area contributed by atoms with Gasteiger partial charge in [-0.15, -0.1) is 0 Å². The largest absolute Gasteiger partial charge is 0.476 e. The average molecular weight is 910 g/mol. The molecule has 0 unspecified atom stereocenters. The van der Waals surface area contributed by atoms with Crippen LogP contribution in [0.15, 0.2) is 85.2 Å². The van der Waals surface area contributed by atoms with E-state index in [1.54, 1.807) is 24.5 Å². The van der Waals surface area contributed by atoms with Crippen molar-refractivity contribution in [3.05, 3.63) is 174 Å². The number of nitrogens with one attached hydrogen (secondary N) is 1. The van der Waals surface area contributed by atoms with E-state index in [0.29, 0.717) is 47.9 Å². The van der Waals surface area contributed by atoms with Gasteiger partial charge in [0.25, 0.3) is 17.5 Å². The van der Waals surface area contributed by atoms with E-state index in [4.69, 9.17) is 58.7 Å². The lowest BCUT2D eigenvalue weighted by Crippen LogP contribution is -2.24. The molecule has 0 saturated heterocycles. The number of benzene rings is 2. The predicted molar refractivity (Wildman–Crippen MR) is 251 cm³/mol. The lowest BCUT2D eigenvalue weighted by Gasteiger charge is -2.10. The molecule has 0 fully saturated rings. The number of pyridine rings is 4. The molecular formula is C46H42Cl2N14O3. The summed E-state index contributed by atoms with van der Waals surface area (Å²) in [7, 11) is 0. The monoisotopic (exact) mass is 908 g/mol. The van der Waals surface area contributed by atoms with Gasteiger partial charge in [-0.1, -0.05) is 58.7 Å². The Kier molecular flexibility index (Phi) is 14.7. The van der Waals surface area contributed by atoms with Crippen LogP contribution in [0.2, 0.25) is 10.0 Å². The Morgan fingerprint density at radius 3 is 1.60 bits per heavy atom. The molecule has 8 aromatic rings. The number of anilines is 2. The van der Waals surface area contributed by atoms with Crippen molar-refractivity contribution in [2.24, 2.45) is 5.73 Å². The van der Waals surface area contributed by atoms with Gasteiger partial charge in [-0.25, -0.2) is 14.8 Å². The topological polar surface area (TPSA) is 240 Å². The SMILES string of the molecule is Cc1cc(N)nc(C)c1CN.[C-]#[N+]c1cc(C(=O)NCc2c(C)cc(N)nc2C)nn1Cc1ccc2ncc(Cl)cc2c1.[C-]#[N+]c1cc(C(=O)O)nn1Cc1ccc2ncc(Cl)cc2c1. The standard InChI is InChI=1S/C23H20ClN7O.C15H9ClN4O2.C8H13N3/c1-13-6-21(25)29-14(2)18(13)11-28-23(32)20-9-22(26-3)31(30-20)12-15-4-5-19-16(7-15)8-17(24)10-27-19;1-17-14-6-13(15(21)22)19-20(14)8-9-2-3-12-10(4-9)5-11(16)7-18-12;1-5-3-8(10)11-6(2)7(5)4-9/h4-10H,11-12H2,1-2H3,(H2,25,29)(H,28,32);2-7H,8H2,(H,21,22);3H,4,9H2,1-2H3,(H2,10,11). The normalized spacial score (nSPS) is 10.6. The number of carbonyl (C=O) groups excluding carboxylic acids is 1. The molecule has 17 nitrogen and oxygen atoms in total. The Morgan fingerprint density at radius 2 is 1.15 bits per heavy atom. The molecule has 19 heteroatoms. The number of aryl methyl sites for hydroxylation is 4. The number of carboxylic acids is 1. The van der Waals surface area contributed by atoms with E-state index in [-0.39, 0.29) is 28.9 Å². The van der Waals surface area contributed by atoms with Gasteiger partial charge in [0.15, 0.2) is 11.4 Å². The maximum absolute atomic E-state index is 12.7. The summed E-state index contributed by atoms with van der Waals surface area (Å²) in [4.78, 5) is 47.3. The zero-order valence-corrected chi connectivity index (χ0v) is 37.1. The van der Waals surface area contributed by atoms with Gasteiger partial charge in [-0.2, -0.15) is 9.36 Å². The van der Waals surface area contributed by atoms with Gasteiger partial charge in [0.05, 0.1) is 21.1 Å². The van der Waals surface area contributed by atoms with E-state index in [1.165, 1.54) is 21.5 Å². The second-order valence-corrected chi connectivity index (χ2v) is 15.6. The summed E-state index contributed by atoms with van der Waals surface area (Å²) in [5.41, 5.74) is 26.1. The number of aromatic carboxylic acids is 1. The first-order chi connectivity index (χ1) is 31.0. The van der Waals surface area contributed by atoms with Gasteiger partial charge in [0.2, 0.25) is 0 Å². The third kappa shape index (κ3) is 11.5. The van der Waals surface area contributed by atoms with Crippen molar-refractivity contribution in [2.45, 2.75) is 53.9 Å². The van der Waals surface area contributed by atoms with Crippen molar-refractivity contribution in [3.8, 4) is 0 Å². The Bertz CT molecular complexity index is 3140. The lowest BCUT2D eigenvalue weighted by molar-refractivity contribution is 0.0689. The molecule has 6 aromatic heterocycles. The Morgan fingerprint density at radius 1 is 0.692 bits per heavy atom. The number of amides is 1.